The number of furan rings is 1. The summed E-state index contributed by atoms with van der Waals surface area (Å²) in [5, 5.41) is 18.7. The Labute approximate surface area is 263 Å². The average molecular weight is 664 g/mol. The number of carboxylic acids is 1. The zero-order chi connectivity index (χ0) is 34.0. The molecule has 0 spiro atoms. The number of carbonyl (C=O) groups is 1. The van der Waals surface area contributed by atoms with E-state index in [1.54, 1.807) is 18.2 Å². The van der Waals surface area contributed by atoms with Crippen molar-refractivity contribution in [3.8, 4) is 16.9 Å². The number of nitrogens with zero attached hydrogens (tertiary/aromatic N) is 1. The van der Waals surface area contributed by atoms with Crippen molar-refractivity contribution in [2.45, 2.75) is 58.1 Å². The first kappa shape index (κ1) is 34.7. The van der Waals surface area contributed by atoms with Crippen LogP contribution in [0.5, 0.6) is 5.75 Å². The number of aryl methyl sites for hydroxylation is 3. The molecule has 0 aliphatic carbocycles. The van der Waals surface area contributed by atoms with Crippen LogP contribution in [0.4, 0.5) is 17.6 Å². The van der Waals surface area contributed by atoms with Crippen molar-refractivity contribution in [1.82, 2.24) is 4.90 Å². The molecule has 2 N–H and O–H groups in total. The van der Waals surface area contributed by atoms with E-state index < -0.39 is 56.4 Å². The first-order valence-electron chi connectivity index (χ1n) is 14.0. The number of ether oxygens (including phenoxy) is 1. The Kier molecular flexibility index (Phi) is 10.3. The predicted octanol–water partition coefficient (Wildman–Crippen LogP) is 6.59. The predicted molar refractivity (Wildman–Crippen MR) is 161 cm³/mol. The summed E-state index contributed by atoms with van der Waals surface area (Å²) in [6, 6.07) is 13.2. The number of sulfone groups is 1. The van der Waals surface area contributed by atoms with E-state index in [-0.39, 0.29) is 24.4 Å². The topological polar surface area (TPSA) is 117 Å². The maximum absolute atomic E-state index is 15.0. The van der Waals surface area contributed by atoms with Gasteiger partial charge in [-0.2, -0.15) is 13.2 Å². The maximum Gasteiger partial charge on any atom is 0.449 e. The number of benzene rings is 3. The minimum absolute atomic E-state index is 0.0341. The fraction of sp³-hybridized carbons (Fsp3) is 0.303. The summed E-state index contributed by atoms with van der Waals surface area (Å²) >= 11 is 0. The lowest BCUT2D eigenvalue weighted by atomic mass is 9.98. The smallest absolute Gasteiger partial charge is 0.449 e. The number of hydrogen-bond donors (Lipinski definition) is 2. The fourth-order valence-electron chi connectivity index (χ4n) is 5.43. The molecule has 246 valence electrons. The minimum atomic E-state index is -4.63. The molecule has 0 atom stereocenters. The van der Waals surface area contributed by atoms with Gasteiger partial charge in [-0.25, -0.2) is 12.8 Å². The molecule has 4 aromatic rings. The standard InChI is InChI=1S/C33H33F4NO7S/c1-19-9-20(2)26(21(3)10-19)16-38(15-25-7-8-31(45-25)33(35,36)37)14-23-6-5-22(12-29(23)44-4)24-11-28(34)27(17-39)30(13-24)46(42,43)18-32(40)41/h5-13,39H,14-18H2,1-4H3,(H,40,41). The third kappa shape index (κ3) is 7.95. The van der Waals surface area contributed by atoms with Gasteiger partial charge in [-0.1, -0.05) is 29.8 Å². The zero-order valence-electron chi connectivity index (χ0n) is 25.5. The van der Waals surface area contributed by atoms with Crippen molar-refractivity contribution in [3.63, 3.8) is 0 Å². The van der Waals surface area contributed by atoms with E-state index in [0.29, 0.717) is 23.4 Å². The summed E-state index contributed by atoms with van der Waals surface area (Å²) in [5.41, 5.74) is 4.63. The van der Waals surface area contributed by atoms with Crippen molar-refractivity contribution in [3.05, 3.63) is 105 Å². The van der Waals surface area contributed by atoms with Gasteiger partial charge < -0.3 is 19.4 Å². The van der Waals surface area contributed by atoms with Crippen molar-refractivity contribution < 1.29 is 50.1 Å². The van der Waals surface area contributed by atoms with E-state index in [4.69, 9.17) is 14.3 Å². The highest BCUT2D eigenvalue weighted by Crippen LogP contribution is 2.34. The van der Waals surface area contributed by atoms with Gasteiger partial charge >= 0.3 is 12.1 Å². The van der Waals surface area contributed by atoms with Gasteiger partial charge in [-0.15, -0.1) is 0 Å². The first-order valence-corrected chi connectivity index (χ1v) is 15.7. The fourth-order valence-corrected chi connectivity index (χ4v) is 6.76. The maximum atomic E-state index is 15.0. The Morgan fingerprint density at radius 2 is 1.59 bits per heavy atom. The number of aliphatic carboxylic acids is 1. The first-order chi connectivity index (χ1) is 21.5. The van der Waals surface area contributed by atoms with Gasteiger partial charge in [0.2, 0.25) is 5.76 Å². The monoisotopic (exact) mass is 663 g/mol. The molecule has 0 saturated heterocycles. The molecule has 0 radical (unpaired) electrons. The molecule has 4 rings (SSSR count). The van der Waals surface area contributed by atoms with Crippen LogP contribution in [0, 0.1) is 26.6 Å². The van der Waals surface area contributed by atoms with Crippen LogP contribution < -0.4 is 4.74 Å². The second-order valence-corrected chi connectivity index (χ2v) is 13.0. The minimum Gasteiger partial charge on any atom is -0.496 e. The van der Waals surface area contributed by atoms with Gasteiger partial charge in [0.15, 0.2) is 15.6 Å². The summed E-state index contributed by atoms with van der Waals surface area (Å²) < 4.78 is 90.9. The number of methoxy groups -OCH3 is 1. The van der Waals surface area contributed by atoms with Crippen LogP contribution in [0.1, 0.15) is 44.9 Å². The molecular formula is C33H33F4NO7S. The molecule has 1 aromatic heterocycles. The summed E-state index contributed by atoms with van der Waals surface area (Å²) in [5.74, 6) is -4.61. The third-order valence-corrected chi connectivity index (χ3v) is 9.18. The van der Waals surface area contributed by atoms with E-state index in [1.165, 1.54) is 13.2 Å². The van der Waals surface area contributed by atoms with E-state index in [9.17, 15) is 35.9 Å². The molecule has 3 aromatic carbocycles. The van der Waals surface area contributed by atoms with Gasteiger partial charge in [0.05, 0.1) is 25.2 Å². The molecule has 13 heteroatoms. The normalized spacial score (nSPS) is 12.1. The molecule has 0 bridgehead atoms. The van der Waals surface area contributed by atoms with Crippen LogP contribution in [0.15, 0.2) is 63.9 Å². The number of halogens is 4. The number of carboxylic acid groups (broad SMARTS) is 1. The van der Waals surface area contributed by atoms with Gasteiger partial charge in [0, 0.05) is 24.2 Å². The molecule has 0 saturated carbocycles. The number of alkyl halides is 3. The van der Waals surface area contributed by atoms with Crippen LogP contribution in [0.3, 0.4) is 0 Å². The van der Waals surface area contributed by atoms with Crippen LogP contribution in [-0.2, 0) is 47.0 Å². The van der Waals surface area contributed by atoms with Gasteiger partial charge in [-0.05, 0) is 78.9 Å². The Morgan fingerprint density at radius 3 is 2.15 bits per heavy atom. The Bertz CT molecular complexity index is 1840. The highest BCUT2D eigenvalue weighted by molar-refractivity contribution is 7.92. The van der Waals surface area contributed by atoms with Crippen molar-refractivity contribution in [2.24, 2.45) is 0 Å². The average Bonchev–Trinajstić information content (AvgIpc) is 3.43. The lowest BCUT2D eigenvalue weighted by Gasteiger charge is -2.25. The van der Waals surface area contributed by atoms with Crippen LogP contribution in [0.2, 0.25) is 0 Å². The number of aliphatic hydroxyl groups is 1. The highest BCUT2D eigenvalue weighted by Gasteiger charge is 2.35. The Hall–Kier alpha value is -4.20. The highest BCUT2D eigenvalue weighted by atomic mass is 32.2. The quantitative estimate of drug-likeness (QED) is 0.163. The van der Waals surface area contributed by atoms with Crippen LogP contribution in [0.25, 0.3) is 11.1 Å². The lowest BCUT2D eigenvalue weighted by Crippen LogP contribution is -2.23. The lowest BCUT2D eigenvalue weighted by molar-refractivity contribution is -0.153. The van der Waals surface area contributed by atoms with Crippen molar-refractivity contribution >= 4 is 15.8 Å². The van der Waals surface area contributed by atoms with E-state index >= 15 is 0 Å². The van der Waals surface area contributed by atoms with E-state index in [1.807, 2.05) is 37.8 Å². The molecule has 0 unspecified atom stereocenters. The second-order valence-electron chi connectivity index (χ2n) is 11.1. The molecular weight excluding hydrogens is 630 g/mol. The molecule has 0 amide bonds. The molecule has 0 aliphatic heterocycles. The second kappa shape index (κ2) is 13.7. The van der Waals surface area contributed by atoms with E-state index in [2.05, 4.69) is 0 Å². The molecule has 1 heterocycles. The number of aliphatic hydroxyl groups excluding tert-OH is 1. The summed E-state index contributed by atoms with van der Waals surface area (Å²) in [6.45, 7) is 5.54. The van der Waals surface area contributed by atoms with Crippen LogP contribution in [-0.4, -0.2) is 42.4 Å². The van der Waals surface area contributed by atoms with Crippen LogP contribution >= 0.6 is 0 Å². The van der Waals surface area contributed by atoms with Crippen molar-refractivity contribution in [1.29, 1.82) is 0 Å². The third-order valence-electron chi connectivity index (χ3n) is 7.52. The number of rotatable bonds is 12. The largest absolute Gasteiger partial charge is 0.496 e. The van der Waals surface area contributed by atoms with Gasteiger partial charge in [0.25, 0.3) is 0 Å². The van der Waals surface area contributed by atoms with Crippen molar-refractivity contribution in [2.75, 3.05) is 12.9 Å². The Balaban J connectivity index is 1.73. The summed E-state index contributed by atoms with van der Waals surface area (Å²) in [4.78, 5) is 12.4. The zero-order valence-corrected chi connectivity index (χ0v) is 26.4. The van der Waals surface area contributed by atoms with Gasteiger partial charge in [-0.3, -0.25) is 9.69 Å². The molecule has 0 aliphatic rings. The molecule has 0 fully saturated rings. The Morgan fingerprint density at radius 1 is 0.913 bits per heavy atom. The summed E-state index contributed by atoms with van der Waals surface area (Å²) in [7, 11) is -3.08. The SMILES string of the molecule is COc1cc(-c2cc(F)c(CO)c(S(=O)(=O)CC(=O)O)c2)ccc1CN(Cc1ccc(C(F)(F)F)o1)Cc1c(C)cc(C)cc1C. The molecule has 46 heavy (non-hydrogen) atoms. The molecule has 8 nitrogen and oxygen atoms in total. The summed E-state index contributed by atoms with van der Waals surface area (Å²) in [6.07, 6.45) is -4.63. The van der Waals surface area contributed by atoms with E-state index in [0.717, 1.165) is 40.5 Å². The van der Waals surface area contributed by atoms with Gasteiger partial charge in [0.1, 0.15) is 17.3 Å². The number of hydrogen-bond acceptors (Lipinski definition) is 7.